The molecule has 0 atom stereocenters. The number of anilines is 2. The molecule has 0 fully saturated rings. The van der Waals surface area contributed by atoms with Gasteiger partial charge in [0.05, 0.1) is 35.0 Å². The van der Waals surface area contributed by atoms with E-state index in [1.165, 1.54) is 41.9 Å². The minimum Gasteiger partial charge on any atom is -0.493 e. The molecule has 4 heterocycles. The molecule has 4 aromatic heterocycles. The number of hydrogen-bond donors (Lipinski definition) is 3. The van der Waals surface area contributed by atoms with Gasteiger partial charge in [0.25, 0.3) is 10.0 Å². The molecule has 6 rings (SSSR count). The van der Waals surface area contributed by atoms with Gasteiger partial charge in [-0.2, -0.15) is 9.67 Å². The van der Waals surface area contributed by atoms with Crippen molar-refractivity contribution < 1.29 is 17.9 Å². The molecule has 0 unspecified atom stereocenters. The van der Waals surface area contributed by atoms with Crippen LogP contribution in [0.3, 0.4) is 0 Å². The van der Waals surface area contributed by atoms with Crippen molar-refractivity contribution in [3.05, 3.63) is 73.1 Å². The number of rotatable bonds is 9. The summed E-state index contributed by atoms with van der Waals surface area (Å²) in [5, 5.41) is 9.09. The van der Waals surface area contributed by atoms with Gasteiger partial charge >= 0.3 is 0 Å². The summed E-state index contributed by atoms with van der Waals surface area (Å²) in [6, 6.07) is 11.6. The van der Waals surface area contributed by atoms with E-state index in [4.69, 9.17) is 21.7 Å². The van der Waals surface area contributed by atoms with Crippen molar-refractivity contribution in [2.75, 3.05) is 24.3 Å². The quantitative estimate of drug-likeness (QED) is 0.206. The Labute approximate surface area is 244 Å². The van der Waals surface area contributed by atoms with Crippen LogP contribution in [-0.4, -0.2) is 67.3 Å². The van der Waals surface area contributed by atoms with Crippen LogP contribution in [0, 0.1) is 0 Å². The minimum absolute atomic E-state index is 0.00811. The first kappa shape index (κ1) is 27.0. The summed E-state index contributed by atoms with van der Waals surface area (Å²) in [6.07, 6.45) is 6.19. The molecule has 0 aliphatic carbocycles. The Kier molecular flexibility index (Phi) is 7.05. The van der Waals surface area contributed by atoms with Crippen molar-refractivity contribution >= 4 is 61.1 Å². The van der Waals surface area contributed by atoms with E-state index >= 15 is 0 Å². The number of H-pyrrole nitrogens is 1. The van der Waals surface area contributed by atoms with Crippen molar-refractivity contribution in [2.45, 2.75) is 11.3 Å². The Hall–Kier alpha value is -5.22. The monoisotopic (exact) mass is 602 g/mol. The van der Waals surface area contributed by atoms with Gasteiger partial charge in [-0.25, -0.2) is 33.1 Å². The highest BCUT2D eigenvalue weighted by Crippen LogP contribution is 2.36. The Morgan fingerprint density at radius 2 is 1.71 bits per heavy atom. The number of methoxy groups -OCH3 is 2. The summed E-state index contributed by atoms with van der Waals surface area (Å²) >= 11 is 5.51. The smallest absolute Gasteiger partial charge is 0.264 e. The number of hydrogen-bond acceptors (Lipinski definition) is 11. The van der Waals surface area contributed by atoms with Gasteiger partial charge in [0, 0.05) is 30.3 Å². The number of fused-ring (bicyclic) bond motifs is 3. The molecule has 2 aromatic carbocycles. The zero-order chi connectivity index (χ0) is 29.3. The molecule has 6 aromatic rings. The molecule has 0 aliphatic rings. The van der Waals surface area contributed by atoms with Crippen molar-refractivity contribution in [1.82, 2.24) is 39.7 Å². The largest absolute Gasteiger partial charge is 0.493 e. The van der Waals surface area contributed by atoms with Crippen molar-refractivity contribution in [2.24, 2.45) is 0 Å². The van der Waals surface area contributed by atoms with Crippen molar-refractivity contribution in [3.63, 3.8) is 0 Å². The molecule has 42 heavy (non-hydrogen) atoms. The van der Waals surface area contributed by atoms with Gasteiger partial charge in [0.1, 0.15) is 18.3 Å². The van der Waals surface area contributed by atoms with Crippen LogP contribution < -0.4 is 19.5 Å². The summed E-state index contributed by atoms with van der Waals surface area (Å²) in [5.74, 6) is 1.93. The second-order valence-electron chi connectivity index (χ2n) is 8.86. The molecule has 0 spiro atoms. The molecule has 3 N–H and O–H groups in total. The molecular formula is C26H22N10O4S2. The minimum atomic E-state index is -3.84. The van der Waals surface area contributed by atoms with Gasteiger partial charge in [0.2, 0.25) is 11.9 Å². The highest BCUT2D eigenvalue weighted by molar-refractivity contribution is 7.92. The van der Waals surface area contributed by atoms with E-state index in [1.54, 1.807) is 32.4 Å². The van der Waals surface area contributed by atoms with E-state index in [2.05, 4.69) is 45.0 Å². The number of ether oxygens (including phenoxy) is 2. The lowest BCUT2D eigenvalue weighted by Crippen LogP contribution is -2.15. The van der Waals surface area contributed by atoms with Crippen LogP contribution in [0.1, 0.15) is 5.56 Å². The van der Waals surface area contributed by atoms with E-state index in [1.807, 2.05) is 12.1 Å². The standard InChI is InChI=1S/C26H22N10O4S2/c1-39-19-11-17-18(12-20(19)40-2)32-23-22(17)24(30-13-29-23)36-14-31-26(34-36)33-21(41)10-15-4-6-16(7-5-15)42(37,38)35-25-27-8-3-9-28-25/h3-9,11-14H,10H2,1-2H3,(H,27,28,35)(H,29,30,32)(H,33,34,41). The maximum Gasteiger partial charge on any atom is 0.264 e. The van der Waals surface area contributed by atoms with Gasteiger partial charge in [-0.1, -0.05) is 24.4 Å². The molecular weight excluding hydrogens is 580 g/mol. The Balaban J connectivity index is 1.18. The Bertz CT molecular complexity index is 2030. The Morgan fingerprint density at radius 3 is 2.45 bits per heavy atom. The molecule has 0 bridgehead atoms. The zero-order valence-corrected chi connectivity index (χ0v) is 23.8. The van der Waals surface area contributed by atoms with Crippen LogP contribution >= 0.6 is 12.2 Å². The van der Waals surface area contributed by atoms with Gasteiger partial charge in [-0.3, -0.25) is 0 Å². The molecule has 0 saturated heterocycles. The number of benzene rings is 2. The number of nitrogens with zero attached hydrogens (tertiary/aromatic N) is 7. The van der Waals surface area contributed by atoms with Gasteiger partial charge < -0.3 is 19.8 Å². The van der Waals surface area contributed by atoms with E-state index in [9.17, 15) is 8.42 Å². The molecule has 16 heteroatoms. The average molecular weight is 603 g/mol. The first-order valence-electron chi connectivity index (χ1n) is 12.3. The summed E-state index contributed by atoms with van der Waals surface area (Å²) in [6.45, 7) is 0. The van der Waals surface area contributed by atoms with Crippen LogP contribution in [0.15, 0.2) is 72.4 Å². The fourth-order valence-corrected chi connectivity index (χ4v) is 5.52. The predicted molar refractivity (Wildman–Crippen MR) is 159 cm³/mol. The van der Waals surface area contributed by atoms with Crippen molar-refractivity contribution in [1.29, 1.82) is 0 Å². The first-order valence-corrected chi connectivity index (χ1v) is 14.2. The van der Waals surface area contributed by atoms with Crippen LogP contribution in [-0.2, 0) is 16.4 Å². The lowest BCUT2D eigenvalue weighted by molar-refractivity contribution is 0.356. The number of thiocarbonyl (C=S) groups is 1. The van der Waals surface area contributed by atoms with Crippen molar-refractivity contribution in [3.8, 4) is 17.3 Å². The number of aromatic amines is 1. The second kappa shape index (κ2) is 11.0. The number of nitrogens with one attached hydrogen (secondary N) is 3. The topological polar surface area (TPSA) is 175 Å². The SMILES string of the molecule is COc1cc2[nH]c3ncnc(-n4cnc(NC(=S)Cc5ccc(S(=O)(=O)Nc6ncccn6)cc5)n4)c3c2cc1OC. The third-order valence-corrected chi connectivity index (χ3v) is 7.81. The second-order valence-corrected chi connectivity index (χ2v) is 11.0. The molecule has 0 amide bonds. The molecule has 0 saturated carbocycles. The van der Waals surface area contributed by atoms with Crippen LogP contribution in [0.2, 0.25) is 0 Å². The third-order valence-electron chi connectivity index (χ3n) is 6.22. The lowest BCUT2D eigenvalue weighted by atomic mass is 10.1. The third kappa shape index (κ3) is 5.27. The van der Waals surface area contributed by atoms with Crippen LogP contribution in [0.5, 0.6) is 11.5 Å². The highest BCUT2D eigenvalue weighted by Gasteiger charge is 2.18. The highest BCUT2D eigenvalue weighted by atomic mass is 32.2. The van der Waals surface area contributed by atoms with E-state index < -0.39 is 10.0 Å². The molecule has 212 valence electrons. The van der Waals surface area contributed by atoms with Gasteiger partial charge in [0.15, 0.2) is 17.3 Å². The summed E-state index contributed by atoms with van der Waals surface area (Å²) in [4.78, 5) is 24.7. The summed E-state index contributed by atoms with van der Waals surface area (Å²) < 4.78 is 40.0. The average Bonchev–Trinajstić information content (AvgIpc) is 3.61. The Morgan fingerprint density at radius 1 is 0.976 bits per heavy atom. The van der Waals surface area contributed by atoms with E-state index in [0.717, 1.165) is 21.9 Å². The van der Waals surface area contributed by atoms with Gasteiger partial charge in [-0.05, 0) is 29.8 Å². The zero-order valence-electron chi connectivity index (χ0n) is 22.1. The van der Waals surface area contributed by atoms with Gasteiger partial charge in [-0.15, -0.1) is 5.10 Å². The fraction of sp³-hybridized carbons (Fsp3) is 0.115. The summed E-state index contributed by atoms with van der Waals surface area (Å²) in [5.41, 5.74) is 2.21. The normalized spacial score (nSPS) is 11.5. The molecule has 14 nitrogen and oxygen atoms in total. The maximum absolute atomic E-state index is 12.6. The lowest BCUT2D eigenvalue weighted by Gasteiger charge is -2.08. The number of aromatic nitrogens is 8. The van der Waals surface area contributed by atoms with E-state index in [-0.39, 0.29) is 16.8 Å². The first-order chi connectivity index (χ1) is 20.3. The van der Waals surface area contributed by atoms with E-state index in [0.29, 0.717) is 34.4 Å². The van der Waals surface area contributed by atoms with Crippen LogP contribution in [0.25, 0.3) is 27.8 Å². The number of sulfonamides is 1. The molecule has 0 aliphatic heterocycles. The molecule has 0 radical (unpaired) electrons. The van der Waals surface area contributed by atoms with Crippen LogP contribution in [0.4, 0.5) is 11.9 Å². The maximum atomic E-state index is 12.6. The summed E-state index contributed by atoms with van der Waals surface area (Å²) in [7, 11) is -0.688. The fourth-order valence-electron chi connectivity index (χ4n) is 4.30. The predicted octanol–water partition coefficient (Wildman–Crippen LogP) is 3.28.